The molecule has 2 aromatic carbocycles. The van der Waals surface area contributed by atoms with Gasteiger partial charge >= 0.3 is 5.97 Å². The summed E-state index contributed by atoms with van der Waals surface area (Å²) in [6.07, 6.45) is 1.47. The van der Waals surface area contributed by atoms with Gasteiger partial charge in [0, 0.05) is 11.0 Å². The van der Waals surface area contributed by atoms with Crippen LogP contribution in [0.3, 0.4) is 0 Å². The molecule has 7 heteroatoms. The third-order valence-electron chi connectivity index (χ3n) is 3.66. The quantitative estimate of drug-likeness (QED) is 0.611. The Hall–Kier alpha value is -2.54. The fourth-order valence-electron chi connectivity index (χ4n) is 2.32. The number of halogens is 2. The van der Waals surface area contributed by atoms with E-state index in [1.807, 2.05) is 6.07 Å². The van der Waals surface area contributed by atoms with Crippen LogP contribution in [-0.2, 0) is 22.7 Å². The first-order valence-electron chi connectivity index (χ1n) is 7.58. The zero-order valence-electron chi connectivity index (χ0n) is 13.1. The van der Waals surface area contributed by atoms with Gasteiger partial charge in [0.15, 0.2) is 0 Å². The minimum atomic E-state index is -0.439. The van der Waals surface area contributed by atoms with Crippen molar-refractivity contribution in [1.29, 1.82) is 0 Å². The molecular formula is C18H14BrFN2O3. The molecule has 0 aliphatic carbocycles. The summed E-state index contributed by atoms with van der Waals surface area (Å²) in [5.41, 5.74) is 1.09. The summed E-state index contributed by atoms with van der Waals surface area (Å²) in [5, 5.41) is 0.483. The predicted molar refractivity (Wildman–Crippen MR) is 94.5 cm³/mol. The number of hydrogen-bond donors (Lipinski definition) is 0. The number of hydrogen-bond acceptors (Lipinski definition) is 4. The fourth-order valence-corrected chi connectivity index (χ4v) is 2.68. The second-order valence-corrected chi connectivity index (χ2v) is 6.36. The molecule has 3 rings (SSSR count). The standard InChI is InChI=1S/C18H14BrFN2O3/c19-13-3-6-16-15(9-13)18(24)22(11-21-16)8-7-17(23)25-10-12-1-4-14(20)5-2-12/h1-6,9,11H,7-8,10H2. The number of fused-ring (bicyclic) bond motifs is 1. The second kappa shape index (κ2) is 7.57. The maximum absolute atomic E-state index is 12.8. The van der Waals surface area contributed by atoms with E-state index in [0.29, 0.717) is 16.5 Å². The molecule has 0 unspecified atom stereocenters. The molecule has 0 atom stereocenters. The number of rotatable bonds is 5. The summed E-state index contributed by atoms with van der Waals surface area (Å²) >= 11 is 3.33. The third kappa shape index (κ3) is 4.30. The maximum atomic E-state index is 12.8. The van der Waals surface area contributed by atoms with E-state index in [9.17, 15) is 14.0 Å². The normalized spacial score (nSPS) is 10.8. The summed E-state index contributed by atoms with van der Waals surface area (Å²) in [6, 6.07) is 11.0. The monoisotopic (exact) mass is 404 g/mol. The maximum Gasteiger partial charge on any atom is 0.307 e. The van der Waals surface area contributed by atoms with E-state index in [-0.39, 0.29) is 30.9 Å². The van der Waals surface area contributed by atoms with E-state index in [4.69, 9.17) is 4.74 Å². The molecule has 0 radical (unpaired) electrons. The molecule has 0 N–H and O–H groups in total. The average Bonchev–Trinajstić information content (AvgIpc) is 2.61. The molecule has 0 aliphatic rings. The topological polar surface area (TPSA) is 61.2 Å². The summed E-state index contributed by atoms with van der Waals surface area (Å²) < 4.78 is 20.1. The lowest BCUT2D eigenvalue weighted by molar-refractivity contribution is -0.145. The highest BCUT2D eigenvalue weighted by atomic mass is 79.9. The zero-order chi connectivity index (χ0) is 17.8. The molecule has 0 fully saturated rings. The minimum Gasteiger partial charge on any atom is -0.461 e. The molecule has 25 heavy (non-hydrogen) atoms. The van der Waals surface area contributed by atoms with Crippen molar-refractivity contribution >= 4 is 32.8 Å². The lowest BCUT2D eigenvalue weighted by Crippen LogP contribution is -2.22. The van der Waals surface area contributed by atoms with Gasteiger partial charge in [0.05, 0.1) is 23.7 Å². The van der Waals surface area contributed by atoms with Gasteiger partial charge in [-0.1, -0.05) is 28.1 Å². The number of nitrogens with zero attached hydrogens (tertiary/aromatic N) is 2. The van der Waals surface area contributed by atoms with Crippen LogP contribution >= 0.6 is 15.9 Å². The van der Waals surface area contributed by atoms with Crippen LogP contribution in [0.4, 0.5) is 4.39 Å². The summed E-state index contributed by atoms with van der Waals surface area (Å²) in [5.74, 6) is -0.782. The molecule has 3 aromatic rings. The van der Waals surface area contributed by atoms with E-state index in [1.165, 1.54) is 23.0 Å². The molecule has 1 heterocycles. The smallest absolute Gasteiger partial charge is 0.307 e. The highest BCUT2D eigenvalue weighted by Crippen LogP contribution is 2.15. The van der Waals surface area contributed by atoms with Gasteiger partial charge < -0.3 is 4.74 Å². The molecular weight excluding hydrogens is 391 g/mol. The molecule has 1 aromatic heterocycles. The Labute approximate surface area is 151 Å². The summed E-state index contributed by atoms with van der Waals surface area (Å²) in [4.78, 5) is 28.5. The lowest BCUT2D eigenvalue weighted by atomic mass is 10.2. The predicted octanol–water partition coefficient (Wildman–Crippen LogP) is 3.43. The van der Waals surface area contributed by atoms with Gasteiger partial charge in [-0.25, -0.2) is 9.37 Å². The third-order valence-corrected chi connectivity index (χ3v) is 4.15. The number of benzene rings is 2. The molecule has 0 saturated heterocycles. The Morgan fingerprint density at radius 1 is 1.20 bits per heavy atom. The van der Waals surface area contributed by atoms with Crippen LogP contribution in [0.15, 0.2) is 58.1 Å². The largest absolute Gasteiger partial charge is 0.461 e. The number of aromatic nitrogens is 2. The molecule has 128 valence electrons. The first-order valence-corrected chi connectivity index (χ1v) is 8.37. The Kier molecular flexibility index (Phi) is 5.23. The minimum absolute atomic E-state index is 0.0439. The SMILES string of the molecule is O=C(CCn1cnc2ccc(Br)cc2c1=O)OCc1ccc(F)cc1. The lowest BCUT2D eigenvalue weighted by Gasteiger charge is -2.08. The summed E-state index contributed by atoms with van der Waals surface area (Å²) in [7, 11) is 0. The fraction of sp³-hybridized carbons (Fsp3) is 0.167. The van der Waals surface area contributed by atoms with Crippen LogP contribution in [0, 0.1) is 5.82 Å². The van der Waals surface area contributed by atoms with Gasteiger partial charge in [0.25, 0.3) is 5.56 Å². The first-order chi connectivity index (χ1) is 12.0. The van der Waals surface area contributed by atoms with Crippen molar-refractivity contribution in [1.82, 2.24) is 9.55 Å². The van der Waals surface area contributed by atoms with Crippen molar-refractivity contribution in [2.45, 2.75) is 19.6 Å². The van der Waals surface area contributed by atoms with Gasteiger partial charge in [0.2, 0.25) is 0 Å². The first kappa shape index (κ1) is 17.3. The second-order valence-electron chi connectivity index (χ2n) is 5.44. The van der Waals surface area contributed by atoms with E-state index >= 15 is 0 Å². The Morgan fingerprint density at radius 3 is 2.72 bits per heavy atom. The van der Waals surface area contributed by atoms with Gasteiger partial charge in [-0.05, 0) is 35.9 Å². The van der Waals surface area contributed by atoms with Crippen molar-refractivity contribution in [2.75, 3.05) is 0 Å². The number of esters is 1. The van der Waals surface area contributed by atoms with E-state index in [2.05, 4.69) is 20.9 Å². The number of carbonyl (C=O) groups excluding carboxylic acids is 1. The molecule has 0 bridgehead atoms. The molecule has 0 saturated carbocycles. The van der Waals surface area contributed by atoms with E-state index in [1.54, 1.807) is 24.3 Å². The number of carbonyl (C=O) groups is 1. The van der Waals surface area contributed by atoms with Crippen LogP contribution in [0.25, 0.3) is 10.9 Å². The highest BCUT2D eigenvalue weighted by Gasteiger charge is 2.08. The zero-order valence-corrected chi connectivity index (χ0v) is 14.7. The van der Waals surface area contributed by atoms with Gasteiger partial charge in [-0.3, -0.25) is 14.2 Å². The Balaban J connectivity index is 1.62. The van der Waals surface area contributed by atoms with Crippen molar-refractivity contribution in [2.24, 2.45) is 0 Å². The molecule has 0 amide bonds. The Bertz CT molecular complexity index is 970. The van der Waals surface area contributed by atoms with Crippen molar-refractivity contribution in [3.05, 3.63) is 75.0 Å². The Morgan fingerprint density at radius 2 is 1.96 bits per heavy atom. The number of aryl methyl sites for hydroxylation is 1. The van der Waals surface area contributed by atoms with E-state index < -0.39 is 5.97 Å². The van der Waals surface area contributed by atoms with Crippen LogP contribution < -0.4 is 5.56 Å². The van der Waals surface area contributed by atoms with Crippen molar-refractivity contribution in [3.8, 4) is 0 Å². The molecule has 0 spiro atoms. The number of ether oxygens (including phenoxy) is 1. The van der Waals surface area contributed by atoms with Crippen LogP contribution in [-0.4, -0.2) is 15.5 Å². The van der Waals surface area contributed by atoms with Crippen molar-refractivity contribution in [3.63, 3.8) is 0 Å². The molecule has 5 nitrogen and oxygen atoms in total. The van der Waals surface area contributed by atoms with Crippen LogP contribution in [0.1, 0.15) is 12.0 Å². The van der Waals surface area contributed by atoms with Crippen molar-refractivity contribution < 1.29 is 13.9 Å². The summed E-state index contributed by atoms with van der Waals surface area (Å²) in [6.45, 7) is 0.244. The molecule has 0 aliphatic heterocycles. The van der Waals surface area contributed by atoms with Gasteiger partial charge in [0.1, 0.15) is 12.4 Å². The van der Waals surface area contributed by atoms with Crippen LogP contribution in [0.5, 0.6) is 0 Å². The van der Waals surface area contributed by atoms with Gasteiger partial charge in [-0.15, -0.1) is 0 Å². The van der Waals surface area contributed by atoms with Crippen LogP contribution in [0.2, 0.25) is 0 Å². The highest BCUT2D eigenvalue weighted by molar-refractivity contribution is 9.10. The average molecular weight is 405 g/mol. The van der Waals surface area contributed by atoms with E-state index in [0.717, 1.165) is 4.47 Å². The van der Waals surface area contributed by atoms with Gasteiger partial charge in [-0.2, -0.15) is 0 Å².